The van der Waals surface area contributed by atoms with Crippen LogP contribution >= 0.6 is 11.3 Å². The van der Waals surface area contributed by atoms with Crippen molar-refractivity contribution in [2.45, 2.75) is 45.6 Å². The molecule has 1 heterocycles. The van der Waals surface area contributed by atoms with Gasteiger partial charge in [-0.3, -0.25) is 0 Å². The zero-order chi connectivity index (χ0) is 11.8. The number of hydrogen-bond acceptors (Lipinski definition) is 3. The van der Waals surface area contributed by atoms with Crippen LogP contribution in [0.1, 0.15) is 43.8 Å². The Labute approximate surface area is 102 Å². The molecule has 0 aliphatic heterocycles. The van der Waals surface area contributed by atoms with E-state index < -0.39 is 0 Å². The molecule has 0 spiro atoms. The molecule has 1 aliphatic rings. The van der Waals surface area contributed by atoms with E-state index in [-0.39, 0.29) is 5.54 Å². The van der Waals surface area contributed by atoms with Crippen LogP contribution in [0.25, 0.3) is 0 Å². The molecule has 1 saturated carbocycles. The number of rotatable bonds is 2. The molecule has 0 amide bonds. The van der Waals surface area contributed by atoms with Gasteiger partial charge in [-0.1, -0.05) is 20.3 Å². The molecule has 1 aromatic heterocycles. The Morgan fingerprint density at radius 1 is 1.44 bits per heavy atom. The first-order valence-corrected chi connectivity index (χ1v) is 7.08. The third-order valence-electron chi connectivity index (χ3n) is 4.05. The summed E-state index contributed by atoms with van der Waals surface area (Å²) in [5, 5.41) is 7.03. The van der Waals surface area contributed by atoms with Gasteiger partial charge < -0.3 is 5.32 Å². The summed E-state index contributed by atoms with van der Waals surface area (Å²) >= 11 is 1.81. The first kappa shape index (κ1) is 12.1. The molecule has 0 radical (unpaired) electrons. The van der Waals surface area contributed by atoms with Crippen LogP contribution in [0.2, 0.25) is 0 Å². The van der Waals surface area contributed by atoms with Gasteiger partial charge in [0.05, 0.1) is 5.54 Å². The fraction of sp³-hybridized carbons (Fsp3) is 0.769. The maximum atomic E-state index is 4.72. The second-order valence-corrected chi connectivity index (χ2v) is 6.16. The molecule has 3 atom stereocenters. The highest BCUT2D eigenvalue weighted by molar-refractivity contribution is 7.09. The fourth-order valence-corrected chi connectivity index (χ4v) is 4.07. The van der Waals surface area contributed by atoms with Crippen molar-refractivity contribution in [3.8, 4) is 0 Å². The smallest absolute Gasteiger partial charge is 0.113 e. The van der Waals surface area contributed by atoms with E-state index in [2.05, 4.69) is 38.5 Å². The summed E-state index contributed by atoms with van der Waals surface area (Å²) in [6.07, 6.45) is 3.88. The molecule has 1 N–H and O–H groups in total. The van der Waals surface area contributed by atoms with Gasteiger partial charge in [0.2, 0.25) is 0 Å². The standard InChI is InChI=1S/C13H22N2S/c1-9-5-6-10(2)13(7-9,14-4)12-15-11(3)8-16-12/h8-10,14H,5-7H2,1-4H3. The lowest BCUT2D eigenvalue weighted by Crippen LogP contribution is -2.49. The number of aryl methyl sites for hydroxylation is 1. The Kier molecular flexibility index (Phi) is 3.36. The van der Waals surface area contributed by atoms with E-state index in [0.29, 0.717) is 5.92 Å². The fourth-order valence-electron chi connectivity index (χ4n) is 2.95. The van der Waals surface area contributed by atoms with Crippen molar-refractivity contribution in [2.24, 2.45) is 11.8 Å². The predicted molar refractivity (Wildman–Crippen MR) is 69.8 cm³/mol. The van der Waals surface area contributed by atoms with Crippen molar-refractivity contribution >= 4 is 11.3 Å². The first-order valence-electron chi connectivity index (χ1n) is 6.20. The van der Waals surface area contributed by atoms with Crippen LogP contribution < -0.4 is 5.32 Å². The van der Waals surface area contributed by atoms with E-state index in [1.165, 1.54) is 24.3 Å². The second-order valence-electron chi connectivity index (χ2n) is 5.30. The molecule has 2 rings (SSSR count). The van der Waals surface area contributed by atoms with Crippen LogP contribution in [0.15, 0.2) is 5.38 Å². The summed E-state index contributed by atoms with van der Waals surface area (Å²) in [7, 11) is 2.09. The largest absolute Gasteiger partial charge is 0.308 e. The van der Waals surface area contributed by atoms with Crippen molar-refractivity contribution < 1.29 is 0 Å². The maximum absolute atomic E-state index is 4.72. The van der Waals surface area contributed by atoms with E-state index in [4.69, 9.17) is 4.98 Å². The zero-order valence-electron chi connectivity index (χ0n) is 10.7. The Hall–Kier alpha value is -0.410. The average molecular weight is 238 g/mol. The van der Waals surface area contributed by atoms with E-state index in [1.54, 1.807) is 0 Å². The normalized spacial score (nSPS) is 35.2. The minimum Gasteiger partial charge on any atom is -0.308 e. The molecule has 1 aliphatic carbocycles. The van der Waals surface area contributed by atoms with Crippen LogP contribution in [0.3, 0.4) is 0 Å². The van der Waals surface area contributed by atoms with Crippen LogP contribution in [0.4, 0.5) is 0 Å². The number of nitrogens with zero attached hydrogens (tertiary/aromatic N) is 1. The molecule has 0 saturated heterocycles. The predicted octanol–water partition coefficient (Wildman–Crippen LogP) is 3.32. The molecular formula is C13H22N2S. The van der Waals surface area contributed by atoms with Gasteiger partial charge >= 0.3 is 0 Å². The summed E-state index contributed by atoms with van der Waals surface area (Å²) in [4.78, 5) is 4.72. The van der Waals surface area contributed by atoms with E-state index in [1.807, 2.05) is 11.3 Å². The van der Waals surface area contributed by atoms with Gasteiger partial charge in [0.25, 0.3) is 0 Å². The summed E-state index contributed by atoms with van der Waals surface area (Å²) < 4.78 is 0. The number of nitrogens with one attached hydrogen (secondary N) is 1. The van der Waals surface area contributed by atoms with Gasteiger partial charge in [-0.25, -0.2) is 4.98 Å². The van der Waals surface area contributed by atoms with Gasteiger partial charge in [-0.15, -0.1) is 11.3 Å². The van der Waals surface area contributed by atoms with Crippen LogP contribution in [0, 0.1) is 18.8 Å². The van der Waals surface area contributed by atoms with Crippen molar-refractivity contribution in [1.82, 2.24) is 10.3 Å². The minimum atomic E-state index is 0.122. The SMILES string of the molecule is CNC1(c2nc(C)cs2)CC(C)CCC1C. The highest BCUT2D eigenvalue weighted by Crippen LogP contribution is 2.44. The molecule has 0 aromatic carbocycles. The Morgan fingerprint density at radius 3 is 2.75 bits per heavy atom. The molecule has 16 heavy (non-hydrogen) atoms. The third-order valence-corrected chi connectivity index (χ3v) is 5.19. The molecule has 3 heteroatoms. The van der Waals surface area contributed by atoms with E-state index in [0.717, 1.165) is 11.6 Å². The minimum absolute atomic E-state index is 0.122. The Balaban J connectivity index is 2.36. The summed E-state index contributed by atoms with van der Waals surface area (Å²) in [5.74, 6) is 1.48. The van der Waals surface area contributed by atoms with Crippen molar-refractivity contribution in [1.29, 1.82) is 0 Å². The lowest BCUT2D eigenvalue weighted by atomic mass is 9.70. The lowest BCUT2D eigenvalue weighted by Gasteiger charge is -2.43. The van der Waals surface area contributed by atoms with Crippen LogP contribution in [-0.4, -0.2) is 12.0 Å². The van der Waals surface area contributed by atoms with Gasteiger partial charge in [0.1, 0.15) is 5.01 Å². The molecule has 0 bridgehead atoms. The molecule has 90 valence electrons. The lowest BCUT2D eigenvalue weighted by molar-refractivity contribution is 0.127. The highest BCUT2D eigenvalue weighted by Gasteiger charge is 2.42. The molecule has 1 aromatic rings. The average Bonchev–Trinajstić information content (AvgIpc) is 2.69. The summed E-state index contributed by atoms with van der Waals surface area (Å²) in [5.41, 5.74) is 1.27. The molecule has 2 nitrogen and oxygen atoms in total. The molecular weight excluding hydrogens is 216 g/mol. The van der Waals surface area contributed by atoms with Gasteiger partial charge in [-0.05, 0) is 38.6 Å². The number of hydrogen-bond donors (Lipinski definition) is 1. The van der Waals surface area contributed by atoms with E-state index >= 15 is 0 Å². The number of thiazole rings is 1. The van der Waals surface area contributed by atoms with Crippen LogP contribution in [-0.2, 0) is 5.54 Å². The Bertz CT molecular complexity index is 361. The number of aromatic nitrogens is 1. The van der Waals surface area contributed by atoms with Crippen molar-refractivity contribution in [2.75, 3.05) is 7.05 Å². The topological polar surface area (TPSA) is 24.9 Å². The van der Waals surface area contributed by atoms with E-state index in [9.17, 15) is 0 Å². The van der Waals surface area contributed by atoms with Crippen LogP contribution in [0.5, 0.6) is 0 Å². The molecule has 3 unspecified atom stereocenters. The van der Waals surface area contributed by atoms with Gasteiger partial charge in [0.15, 0.2) is 0 Å². The zero-order valence-corrected chi connectivity index (χ0v) is 11.5. The van der Waals surface area contributed by atoms with Crippen molar-refractivity contribution in [3.63, 3.8) is 0 Å². The first-order chi connectivity index (χ1) is 7.58. The highest BCUT2D eigenvalue weighted by atomic mass is 32.1. The molecule has 1 fully saturated rings. The Morgan fingerprint density at radius 2 is 2.19 bits per heavy atom. The monoisotopic (exact) mass is 238 g/mol. The van der Waals surface area contributed by atoms with Gasteiger partial charge in [-0.2, -0.15) is 0 Å². The maximum Gasteiger partial charge on any atom is 0.113 e. The third kappa shape index (κ3) is 1.91. The quantitative estimate of drug-likeness (QED) is 0.855. The van der Waals surface area contributed by atoms with Crippen molar-refractivity contribution in [3.05, 3.63) is 16.1 Å². The second kappa shape index (κ2) is 4.46. The summed E-state index contributed by atoms with van der Waals surface area (Å²) in [6, 6.07) is 0. The van der Waals surface area contributed by atoms with Gasteiger partial charge in [0, 0.05) is 11.1 Å². The summed E-state index contributed by atoms with van der Waals surface area (Å²) in [6.45, 7) is 6.80.